The van der Waals surface area contributed by atoms with Gasteiger partial charge in [0.05, 0.1) is 12.6 Å². The second-order valence-corrected chi connectivity index (χ2v) is 8.43. The Morgan fingerprint density at radius 2 is 2.17 bits per heavy atom. The average molecular weight is 272 g/mol. The molecule has 1 aliphatic rings. The van der Waals surface area contributed by atoms with Crippen LogP contribution in [0.4, 0.5) is 0 Å². The van der Waals surface area contributed by atoms with E-state index in [2.05, 4.69) is 4.98 Å². The van der Waals surface area contributed by atoms with Crippen molar-refractivity contribution in [1.29, 1.82) is 0 Å². The highest BCUT2D eigenvalue weighted by Gasteiger charge is 2.33. The predicted octanol–water partition coefficient (Wildman–Crippen LogP) is 0.664. The van der Waals surface area contributed by atoms with Crippen LogP contribution < -0.4 is 11.2 Å². The number of hydrogen-bond acceptors (Lipinski definition) is 4. The number of ether oxygens (including phenoxy) is 1. The summed E-state index contributed by atoms with van der Waals surface area (Å²) < 4.78 is 19.0. The number of H-pyrrole nitrogens is 1. The standard InChI is InChI=1S/C11H17N2O4P/c1-18(2,16)10-4-3-8(17-10)7-13-6-5-9(14)12-11(13)15/h5-6,8,10H,3-4,7H2,1-2H3,(H,12,14,15). The molecule has 2 atom stereocenters. The molecule has 0 aromatic carbocycles. The minimum Gasteiger partial charge on any atom is -0.365 e. The molecule has 1 aromatic heterocycles. The van der Waals surface area contributed by atoms with Crippen LogP contribution in [0.25, 0.3) is 0 Å². The van der Waals surface area contributed by atoms with Crippen LogP contribution in [0.2, 0.25) is 0 Å². The van der Waals surface area contributed by atoms with Crippen molar-refractivity contribution >= 4 is 7.14 Å². The molecule has 0 radical (unpaired) electrons. The van der Waals surface area contributed by atoms with Crippen molar-refractivity contribution in [3.8, 4) is 0 Å². The first-order valence-electron chi connectivity index (χ1n) is 5.86. The van der Waals surface area contributed by atoms with Crippen molar-refractivity contribution in [3.05, 3.63) is 33.1 Å². The van der Waals surface area contributed by atoms with E-state index < -0.39 is 18.4 Å². The lowest BCUT2D eigenvalue weighted by Crippen LogP contribution is -2.32. The fourth-order valence-electron chi connectivity index (χ4n) is 2.09. The van der Waals surface area contributed by atoms with Crippen molar-refractivity contribution < 1.29 is 9.30 Å². The fraction of sp³-hybridized carbons (Fsp3) is 0.636. The zero-order valence-electron chi connectivity index (χ0n) is 10.5. The SMILES string of the molecule is CP(C)(=O)C1CCC(Cn2ccc(=O)[nH]c2=O)O1. The van der Waals surface area contributed by atoms with Crippen molar-refractivity contribution in [2.45, 2.75) is 31.3 Å². The molecule has 0 bridgehead atoms. The first-order valence-corrected chi connectivity index (χ1v) is 8.53. The number of nitrogens with zero attached hydrogens (tertiary/aromatic N) is 1. The number of aromatic nitrogens is 2. The van der Waals surface area contributed by atoms with Crippen LogP contribution >= 0.6 is 7.14 Å². The maximum atomic E-state index is 11.9. The first kappa shape index (κ1) is 13.3. The smallest absolute Gasteiger partial charge is 0.328 e. The lowest BCUT2D eigenvalue weighted by Gasteiger charge is -2.17. The monoisotopic (exact) mass is 272 g/mol. The maximum Gasteiger partial charge on any atom is 0.328 e. The van der Waals surface area contributed by atoms with E-state index in [1.807, 2.05) is 0 Å². The molecule has 1 N–H and O–H groups in total. The largest absolute Gasteiger partial charge is 0.365 e. The summed E-state index contributed by atoms with van der Waals surface area (Å²) in [6, 6.07) is 1.30. The zero-order valence-corrected chi connectivity index (χ0v) is 11.4. The number of rotatable bonds is 3. The van der Waals surface area contributed by atoms with E-state index in [0.29, 0.717) is 6.54 Å². The minimum atomic E-state index is -2.24. The molecule has 0 saturated carbocycles. The van der Waals surface area contributed by atoms with Gasteiger partial charge in [0.1, 0.15) is 13.0 Å². The van der Waals surface area contributed by atoms with Gasteiger partial charge in [0, 0.05) is 12.3 Å². The molecule has 0 aliphatic carbocycles. The highest BCUT2D eigenvalue weighted by atomic mass is 31.2. The zero-order chi connectivity index (χ0) is 13.3. The molecule has 1 saturated heterocycles. The van der Waals surface area contributed by atoms with Crippen LogP contribution in [0, 0.1) is 0 Å². The molecule has 2 heterocycles. The molecule has 7 heteroatoms. The molecular formula is C11H17N2O4P. The summed E-state index contributed by atoms with van der Waals surface area (Å²) in [6.45, 7) is 3.81. The van der Waals surface area contributed by atoms with Gasteiger partial charge in [-0.1, -0.05) is 0 Å². The van der Waals surface area contributed by atoms with E-state index in [1.165, 1.54) is 16.8 Å². The summed E-state index contributed by atoms with van der Waals surface area (Å²) in [5.74, 6) is -0.207. The summed E-state index contributed by atoms with van der Waals surface area (Å²) in [5.41, 5.74) is -0.848. The van der Waals surface area contributed by atoms with Crippen molar-refractivity contribution in [2.75, 3.05) is 13.3 Å². The van der Waals surface area contributed by atoms with Gasteiger partial charge in [-0.2, -0.15) is 0 Å². The van der Waals surface area contributed by atoms with Gasteiger partial charge in [-0.05, 0) is 26.2 Å². The van der Waals surface area contributed by atoms with Crippen molar-refractivity contribution in [1.82, 2.24) is 9.55 Å². The lowest BCUT2D eigenvalue weighted by molar-refractivity contribution is 0.0732. The minimum absolute atomic E-state index is 0.119. The van der Waals surface area contributed by atoms with Gasteiger partial charge < -0.3 is 9.30 Å². The third kappa shape index (κ3) is 3.00. The van der Waals surface area contributed by atoms with Crippen LogP contribution in [0.5, 0.6) is 0 Å². The highest BCUT2D eigenvalue weighted by Crippen LogP contribution is 2.48. The average Bonchev–Trinajstić information content (AvgIpc) is 2.70. The number of hydrogen-bond donors (Lipinski definition) is 1. The van der Waals surface area contributed by atoms with Crippen LogP contribution in [0.15, 0.2) is 21.9 Å². The molecule has 0 amide bonds. The Morgan fingerprint density at radius 1 is 1.44 bits per heavy atom. The van der Waals surface area contributed by atoms with Crippen LogP contribution in [0.3, 0.4) is 0 Å². The molecule has 2 rings (SSSR count). The number of aromatic amines is 1. The Bertz CT molecular complexity index is 585. The molecule has 18 heavy (non-hydrogen) atoms. The third-order valence-corrected chi connectivity index (χ3v) is 4.84. The van der Waals surface area contributed by atoms with E-state index >= 15 is 0 Å². The number of nitrogens with one attached hydrogen (secondary N) is 1. The van der Waals surface area contributed by atoms with Crippen LogP contribution in [-0.4, -0.2) is 34.8 Å². The molecular weight excluding hydrogens is 255 g/mol. The fourth-order valence-corrected chi connectivity index (χ4v) is 3.32. The van der Waals surface area contributed by atoms with E-state index in [4.69, 9.17) is 4.74 Å². The molecule has 100 valence electrons. The van der Waals surface area contributed by atoms with Crippen LogP contribution in [-0.2, 0) is 15.8 Å². The summed E-state index contributed by atoms with van der Waals surface area (Å²) in [7, 11) is -2.24. The second-order valence-electron chi connectivity index (χ2n) is 4.99. The van der Waals surface area contributed by atoms with Gasteiger partial charge in [-0.15, -0.1) is 0 Å². The van der Waals surface area contributed by atoms with E-state index in [1.54, 1.807) is 13.3 Å². The Balaban J connectivity index is 2.06. The lowest BCUT2D eigenvalue weighted by atomic mass is 10.2. The van der Waals surface area contributed by atoms with Gasteiger partial charge in [0.2, 0.25) is 0 Å². The van der Waals surface area contributed by atoms with Crippen LogP contribution in [0.1, 0.15) is 12.8 Å². The normalized spacial score (nSPS) is 24.3. The van der Waals surface area contributed by atoms with E-state index in [9.17, 15) is 14.2 Å². The van der Waals surface area contributed by atoms with Crippen molar-refractivity contribution in [3.63, 3.8) is 0 Å². The molecule has 1 aliphatic heterocycles. The Labute approximate surface area is 104 Å². The molecule has 6 nitrogen and oxygen atoms in total. The molecule has 1 fully saturated rings. The second kappa shape index (κ2) is 4.86. The Morgan fingerprint density at radius 3 is 2.72 bits per heavy atom. The van der Waals surface area contributed by atoms with Gasteiger partial charge in [-0.25, -0.2) is 4.79 Å². The third-order valence-electron chi connectivity index (χ3n) is 3.08. The molecule has 0 spiro atoms. The first-order chi connectivity index (χ1) is 8.36. The predicted molar refractivity (Wildman–Crippen MR) is 68.7 cm³/mol. The molecule has 1 aromatic rings. The highest BCUT2D eigenvalue weighted by molar-refractivity contribution is 7.62. The Kier molecular flexibility index (Phi) is 3.59. The van der Waals surface area contributed by atoms with E-state index in [0.717, 1.165) is 12.8 Å². The van der Waals surface area contributed by atoms with Gasteiger partial charge in [0.15, 0.2) is 0 Å². The topological polar surface area (TPSA) is 81.2 Å². The van der Waals surface area contributed by atoms with Gasteiger partial charge in [-0.3, -0.25) is 14.3 Å². The van der Waals surface area contributed by atoms with Crippen molar-refractivity contribution in [2.24, 2.45) is 0 Å². The van der Waals surface area contributed by atoms with Gasteiger partial charge in [0.25, 0.3) is 5.56 Å². The summed E-state index contributed by atoms with van der Waals surface area (Å²) in [4.78, 5) is 24.6. The molecule has 2 unspecified atom stereocenters. The summed E-state index contributed by atoms with van der Waals surface area (Å²) in [5, 5.41) is 0. The Hall–Kier alpha value is -1.13. The van der Waals surface area contributed by atoms with Gasteiger partial charge >= 0.3 is 5.69 Å². The van der Waals surface area contributed by atoms with E-state index in [-0.39, 0.29) is 11.9 Å². The maximum absolute atomic E-state index is 11.9. The quantitative estimate of drug-likeness (QED) is 0.820. The summed E-state index contributed by atoms with van der Waals surface area (Å²) >= 11 is 0. The summed E-state index contributed by atoms with van der Waals surface area (Å²) in [6.07, 6.45) is 2.87.